The first-order valence-corrected chi connectivity index (χ1v) is 2.13. The van der Waals surface area contributed by atoms with Crippen molar-refractivity contribution in [3.63, 3.8) is 0 Å². The van der Waals surface area contributed by atoms with Crippen LogP contribution < -0.4 is 0 Å². The molecule has 0 spiro atoms. The Balaban J connectivity index is 3.34. The number of aliphatic carboxylic acids is 1. The van der Waals surface area contributed by atoms with E-state index in [4.69, 9.17) is 5.11 Å². The predicted octanol–water partition coefficient (Wildman–Crippen LogP) is -0.0267. The Bertz CT molecular complexity index is 72.6. The molecule has 0 aromatic heterocycles. The molecule has 1 N–H and O–H groups in total. The fourth-order valence-electron chi connectivity index (χ4n) is 0.101. The van der Waals surface area contributed by atoms with Crippen LogP contribution >= 0.6 is 12.6 Å². The summed E-state index contributed by atoms with van der Waals surface area (Å²) in [6, 6.07) is 0. The normalized spacial score (nSPS) is 13.4. The minimum atomic E-state index is -1.06. The zero-order chi connectivity index (χ0) is 5.86. The van der Waals surface area contributed by atoms with Gasteiger partial charge in [-0.25, -0.2) is 4.79 Å². The highest BCUT2D eigenvalue weighted by Crippen LogP contribution is 1.92. The van der Waals surface area contributed by atoms with Crippen molar-refractivity contribution in [3.05, 3.63) is 0 Å². The van der Waals surface area contributed by atoms with E-state index in [0.717, 1.165) is 0 Å². The van der Waals surface area contributed by atoms with E-state index in [2.05, 4.69) is 17.4 Å². The molecule has 4 heteroatoms. The van der Waals surface area contributed by atoms with E-state index in [1.807, 2.05) is 0 Å². The molecule has 42 valence electrons. The quantitative estimate of drug-likeness (QED) is 0.399. The Morgan fingerprint density at radius 1 is 2.00 bits per heavy atom. The van der Waals surface area contributed by atoms with Crippen LogP contribution in [-0.4, -0.2) is 23.6 Å². The minimum Gasteiger partial charge on any atom is -0.479 e. The van der Waals surface area contributed by atoms with Crippen LogP contribution in [0.1, 0.15) is 0 Å². The maximum absolute atomic E-state index is 9.73. The van der Waals surface area contributed by atoms with Gasteiger partial charge in [-0.3, -0.25) is 0 Å². The number of hydrogen-bond donors (Lipinski definition) is 2. The molecule has 0 aliphatic carbocycles. The molecule has 7 heavy (non-hydrogen) atoms. The Kier molecular flexibility index (Phi) is 2.78. The molecular formula is C3H6O3S. The number of ether oxygens (including phenoxy) is 1. The molecule has 0 radical (unpaired) electrons. The van der Waals surface area contributed by atoms with Gasteiger partial charge in [0.25, 0.3) is 0 Å². The van der Waals surface area contributed by atoms with Crippen LogP contribution in [0.2, 0.25) is 0 Å². The lowest BCUT2D eigenvalue weighted by Crippen LogP contribution is -2.14. The second kappa shape index (κ2) is 2.87. The molecule has 0 aliphatic rings. The number of thiol groups is 1. The first-order chi connectivity index (χ1) is 3.18. The van der Waals surface area contributed by atoms with Gasteiger partial charge >= 0.3 is 5.97 Å². The fourth-order valence-corrected chi connectivity index (χ4v) is 0.101. The third-order valence-electron chi connectivity index (χ3n) is 0.435. The van der Waals surface area contributed by atoms with Crippen molar-refractivity contribution >= 4 is 18.6 Å². The minimum absolute atomic E-state index is 0.986. The second-order valence-corrected chi connectivity index (χ2v) is 1.40. The Morgan fingerprint density at radius 3 is 2.43 bits per heavy atom. The van der Waals surface area contributed by atoms with E-state index in [1.54, 1.807) is 0 Å². The van der Waals surface area contributed by atoms with Gasteiger partial charge in [0, 0.05) is 7.11 Å². The molecule has 0 amide bonds. The highest BCUT2D eigenvalue weighted by atomic mass is 32.1. The standard InChI is InChI=1S/C3H6O3S/c1-6-3(7)2(4)5/h3,7H,1H3,(H,4,5). The predicted molar refractivity (Wildman–Crippen MR) is 27.4 cm³/mol. The summed E-state index contributed by atoms with van der Waals surface area (Å²) < 4.78 is 4.28. The van der Waals surface area contributed by atoms with Gasteiger partial charge in [-0.05, 0) is 0 Å². The van der Waals surface area contributed by atoms with Crippen molar-refractivity contribution in [2.75, 3.05) is 7.11 Å². The van der Waals surface area contributed by atoms with Gasteiger partial charge in [0.2, 0.25) is 0 Å². The molecule has 0 saturated carbocycles. The molecule has 0 heterocycles. The molecule has 1 unspecified atom stereocenters. The topological polar surface area (TPSA) is 46.5 Å². The molecule has 0 saturated heterocycles. The summed E-state index contributed by atoms with van der Waals surface area (Å²) in [6.45, 7) is 0. The smallest absolute Gasteiger partial charge is 0.343 e. The monoisotopic (exact) mass is 122 g/mol. The lowest BCUT2D eigenvalue weighted by atomic mass is 10.7. The first-order valence-electron chi connectivity index (χ1n) is 1.62. The molecule has 0 bridgehead atoms. The van der Waals surface area contributed by atoms with E-state index in [1.165, 1.54) is 7.11 Å². The first kappa shape index (κ1) is 6.78. The summed E-state index contributed by atoms with van der Waals surface area (Å²) in [5.41, 5.74) is -0.986. The van der Waals surface area contributed by atoms with Crippen LogP contribution in [0.5, 0.6) is 0 Å². The summed E-state index contributed by atoms with van der Waals surface area (Å²) >= 11 is 3.50. The zero-order valence-electron chi connectivity index (χ0n) is 3.79. The summed E-state index contributed by atoms with van der Waals surface area (Å²) in [5, 5.41) is 7.98. The molecular weight excluding hydrogens is 116 g/mol. The highest BCUT2D eigenvalue weighted by Gasteiger charge is 2.07. The van der Waals surface area contributed by atoms with E-state index >= 15 is 0 Å². The summed E-state index contributed by atoms with van der Waals surface area (Å²) in [4.78, 5) is 9.73. The van der Waals surface area contributed by atoms with E-state index in [9.17, 15) is 4.79 Å². The summed E-state index contributed by atoms with van der Waals surface area (Å²) in [5.74, 6) is -1.06. The van der Waals surface area contributed by atoms with Gasteiger partial charge in [-0.15, -0.1) is 12.6 Å². The number of rotatable bonds is 2. The average molecular weight is 122 g/mol. The fraction of sp³-hybridized carbons (Fsp3) is 0.667. The average Bonchev–Trinajstić information content (AvgIpc) is 1.65. The maximum atomic E-state index is 9.73. The van der Waals surface area contributed by atoms with Gasteiger partial charge in [-0.1, -0.05) is 0 Å². The van der Waals surface area contributed by atoms with Crippen LogP contribution in [0.25, 0.3) is 0 Å². The molecule has 0 aromatic rings. The van der Waals surface area contributed by atoms with Crippen molar-refractivity contribution in [2.24, 2.45) is 0 Å². The van der Waals surface area contributed by atoms with Crippen molar-refractivity contribution in [3.8, 4) is 0 Å². The number of carbonyl (C=O) groups is 1. The lowest BCUT2D eigenvalue weighted by Gasteiger charge is -1.97. The van der Waals surface area contributed by atoms with Crippen molar-refractivity contribution in [1.29, 1.82) is 0 Å². The molecule has 1 atom stereocenters. The van der Waals surface area contributed by atoms with E-state index in [0.29, 0.717) is 0 Å². The van der Waals surface area contributed by atoms with E-state index < -0.39 is 11.4 Å². The molecule has 0 rings (SSSR count). The Labute approximate surface area is 46.7 Å². The third kappa shape index (κ3) is 2.47. The third-order valence-corrected chi connectivity index (χ3v) is 0.866. The van der Waals surface area contributed by atoms with Crippen molar-refractivity contribution in [1.82, 2.24) is 0 Å². The van der Waals surface area contributed by atoms with Crippen molar-refractivity contribution < 1.29 is 14.6 Å². The van der Waals surface area contributed by atoms with E-state index in [-0.39, 0.29) is 0 Å². The van der Waals surface area contributed by atoms with Gasteiger partial charge in [0.05, 0.1) is 0 Å². The molecule has 0 aliphatic heterocycles. The lowest BCUT2D eigenvalue weighted by molar-refractivity contribution is -0.143. The van der Waals surface area contributed by atoms with Gasteiger partial charge in [0.1, 0.15) is 0 Å². The van der Waals surface area contributed by atoms with Crippen LogP contribution in [-0.2, 0) is 9.53 Å². The largest absolute Gasteiger partial charge is 0.479 e. The SMILES string of the molecule is COC(S)C(=O)O. The number of carboxylic acid groups (broad SMARTS) is 1. The number of methoxy groups -OCH3 is 1. The Morgan fingerprint density at radius 2 is 2.43 bits per heavy atom. The van der Waals surface area contributed by atoms with Crippen LogP contribution in [0.15, 0.2) is 0 Å². The zero-order valence-corrected chi connectivity index (χ0v) is 4.68. The van der Waals surface area contributed by atoms with Crippen LogP contribution in [0.3, 0.4) is 0 Å². The molecule has 0 aromatic carbocycles. The maximum Gasteiger partial charge on any atom is 0.343 e. The number of hydrogen-bond acceptors (Lipinski definition) is 3. The molecule has 3 nitrogen and oxygen atoms in total. The van der Waals surface area contributed by atoms with Gasteiger partial charge < -0.3 is 9.84 Å². The van der Waals surface area contributed by atoms with Crippen LogP contribution in [0, 0.1) is 0 Å². The van der Waals surface area contributed by atoms with Gasteiger partial charge in [-0.2, -0.15) is 0 Å². The van der Waals surface area contributed by atoms with Gasteiger partial charge in [0.15, 0.2) is 5.44 Å². The highest BCUT2D eigenvalue weighted by molar-refractivity contribution is 7.81. The second-order valence-electron chi connectivity index (χ2n) is 0.926. The van der Waals surface area contributed by atoms with Crippen LogP contribution in [0.4, 0.5) is 0 Å². The molecule has 0 fully saturated rings. The number of carboxylic acids is 1. The Hall–Kier alpha value is -0.220. The summed E-state index contributed by atoms with van der Waals surface area (Å²) in [7, 11) is 1.28. The summed E-state index contributed by atoms with van der Waals surface area (Å²) in [6.07, 6.45) is 0. The van der Waals surface area contributed by atoms with Crippen molar-refractivity contribution in [2.45, 2.75) is 5.44 Å².